The molecule has 0 amide bonds. The zero-order valence-corrected chi connectivity index (χ0v) is 21.8. The van der Waals surface area contributed by atoms with E-state index in [1.807, 2.05) is 0 Å². The Balaban J connectivity index is 0.00000168. The highest BCUT2D eigenvalue weighted by atomic mass is 32.2. The lowest BCUT2D eigenvalue weighted by Gasteiger charge is -2.34. The van der Waals surface area contributed by atoms with Gasteiger partial charge in [-0.15, -0.1) is 0 Å². The van der Waals surface area contributed by atoms with E-state index in [2.05, 4.69) is 0 Å². The third kappa shape index (κ3) is 3.61. The lowest BCUT2D eigenvalue weighted by Crippen LogP contribution is -2.47. The minimum Gasteiger partial charge on any atom is -0.458 e. The first kappa shape index (κ1) is 27.8. The number of ether oxygens (including phenoxy) is 1. The third-order valence-corrected chi connectivity index (χ3v) is 8.27. The molecule has 3 aliphatic rings. The highest BCUT2D eigenvalue weighted by Crippen LogP contribution is 2.46. The molecule has 11 nitrogen and oxygen atoms in total. The monoisotopic (exact) mass is 549 g/mol. The topological polar surface area (TPSA) is 194 Å². The second-order valence-electron chi connectivity index (χ2n) is 9.71. The summed E-state index contributed by atoms with van der Waals surface area (Å²) >= 11 is 0. The molecule has 0 radical (unpaired) electrons. The predicted octanol–water partition coefficient (Wildman–Crippen LogP) is 0.808. The van der Waals surface area contributed by atoms with Gasteiger partial charge in [-0.05, 0) is 48.9 Å². The van der Waals surface area contributed by atoms with Crippen LogP contribution in [-0.4, -0.2) is 41.1 Å². The Morgan fingerprint density at radius 1 is 1.24 bits per heavy atom. The number of nitrogens with two attached hydrogens (primary N) is 1. The molecule has 2 atom stereocenters. The summed E-state index contributed by atoms with van der Waals surface area (Å²) in [5.41, 5.74) is 8.83. The molecule has 204 valence electrons. The quantitative estimate of drug-likeness (QED) is 0.286. The Bertz CT molecular complexity index is 1700. The molecule has 0 bridgehead atoms. The van der Waals surface area contributed by atoms with E-state index in [0.717, 1.165) is 28.3 Å². The van der Waals surface area contributed by atoms with Crippen molar-refractivity contribution in [1.29, 1.82) is 0 Å². The number of pyridine rings is 2. The van der Waals surface area contributed by atoms with E-state index in [9.17, 15) is 22.4 Å². The predicted molar refractivity (Wildman–Crippen MR) is 135 cm³/mol. The fraction of sp³-hybridized carbons (Fsp3) is 0.400. The van der Waals surface area contributed by atoms with Gasteiger partial charge in [0.1, 0.15) is 12.4 Å². The standard InChI is InChI=1S/C25H24FN3O6S.2H2O/c1-4-25(35-36(3,32)33)15-7-19-22-13(9-29(19)23(30)14(15)10-34-24(25)31)20-17(27)6-5-12-11(2)16(26)8-18(28-22)21(12)20;;/h7-8,17H,4-6,9-10,27H2,1-3H3;2*1H2. The van der Waals surface area contributed by atoms with E-state index in [4.69, 9.17) is 19.6 Å². The van der Waals surface area contributed by atoms with Gasteiger partial charge in [0.2, 0.25) is 5.60 Å². The molecule has 0 spiro atoms. The number of esters is 1. The highest BCUT2D eigenvalue weighted by molar-refractivity contribution is 7.86. The van der Waals surface area contributed by atoms with E-state index in [-0.39, 0.29) is 53.5 Å². The Morgan fingerprint density at radius 3 is 2.61 bits per heavy atom. The molecule has 3 aromatic rings. The van der Waals surface area contributed by atoms with Crippen LogP contribution in [0.4, 0.5) is 4.39 Å². The molecule has 6 N–H and O–H groups in total. The molecular weight excluding hydrogens is 521 g/mol. The van der Waals surface area contributed by atoms with Gasteiger partial charge in [0.05, 0.1) is 35.3 Å². The number of halogens is 1. The Kier molecular flexibility index (Phi) is 6.52. The van der Waals surface area contributed by atoms with Crippen LogP contribution in [0.5, 0.6) is 0 Å². The number of benzene rings is 1. The number of hydrogen-bond acceptors (Lipinski definition) is 8. The molecular formula is C25H28FN3O8S. The maximum Gasteiger partial charge on any atom is 0.345 e. The van der Waals surface area contributed by atoms with Crippen LogP contribution < -0.4 is 11.3 Å². The van der Waals surface area contributed by atoms with Crippen LogP contribution in [0.3, 0.4) is 0 Å². The fourth-order valence-corrected chi connectivity index (χ4v) is 6.77. The van der Waals surface area contributed by atoms with Gasteiger partial charge >= 0.3 is 5.97 Å². The third-order valence-electron chi connectivity index (χ3n) is 7.68. The van der Waals surface area contributed by atoms with Crippen LogP contribution in [0.2, 0.25) is 0 Å². The van der Waals surface area contributed by atoms with E-state index in [1.54, 1.807) is 19.9 Å². The number of nitrogens with zero attached hydrogens (tertiary/aromatic N) is 2. The minimum absolute atomic E-state index is 0. The molecule has 1 aliphatic carbocycles. The largest absolute Gasteiger partial charge is 0.458 e. The zero-order valence-electron chi connectivity index (χ0n) is 21.0. The highest BCUT2D eigenvalue weighted by Gasteiger charge is 2.50. The van der Waals surface area contributed by atoms with Crippen molar-refractivity contribution in [3.05, 3.63) is 61.7 Å². The first-order chi connectivity index (χ1) is 17.0. The van der Waals surface area contributed by atoms with Crippen molar-refractivity contribution in [2.45, 2.75) is 57.9 Å². The summed E-state index contributed by atoms with van der Waals surface area (Å²) in [6.07, 6.45) is 2.04. The molecule has 13 heteroatoms. The summed E-state index contributed by atoms with van der Waals surface area (Å²) in [6.45, 7) is 3.24. The number of cyclic esters (lactones) is 1. The van der Waals surface area contributed by atoms with Crippen LogP contribution in [0.1, 0.15) is 59.2 Å². The summed E-state index contributed by atoms with van der Waals surface area (Å²) in [7, 11) is -4.09. The lowest BCUT2D eigenvalue weighted by molar-refractivity contribution is -0.168. The fourth-order valence-electron chi connectivity index (χ4n) is 5.98. The maximum atomic E-state index is 14.8. The minimum atomic E-state index is -4.09. The normalized spacial score (nSPS) is 21.1. The second kappa shape index (κ2) is 8.92. The van der Waals surface area contributed by atoms with E-state index < -0.39 is 27.2 Å². The maximum absolute atomic E-state index is 14.8. The zero-order chi connectivity index (χ0) is 25.7. The van der Waals surface area contributed by atoms with Crippen molar-refractivity contribution in [2.75, 3.05) is 6.26 Å². The smallest absolute Gasteiger partial charge is 0.345 e. The average Bonchev–Trinajstić information content (AvgIpc) is 3.18. The van der Waals surface area contributed by atoms with Gasteiger partial charge in [-0.1, -0.05) is 6.92 Å². The van der Waals surface area contributed by atoms with Crippen LogP contribution in [0.15, 0.2) is 16.9 Å². The van der Waals surface area contributed by atoms with Gasteiger partial charge in [0.25, 0.3) is 15.7 Å². The molecule has 0 fully saturated rings. The molecule has 0 saturated heterocycles. The summed E-state index contributed by atoms with van der Waals surface area (Å²) in [4.78, 5) is 31.3. The summed E-state index contributed by atoms with van der Waals surface area (Å²) in [5, 5.41) is 0.832. The van der Waals surface area contributed by atoms with Gasteiger partial charge in [0, 0.05) is 28.6 Å². The number of fused-ring (bicyclic) bond motifs is 5. The van der Waals surface area contributed by atoms with Crippen LogP contribution in [-0.2, 0) is 49.0 Å². The van der Waals surface area contributed by atoms with Crippen LogP contribution >= 0.6 is 0 Å². The van der Waals surface area contributed by atoms with Gasteiger partial charge < -0.3 is 26.0 Å². The average molecular weight is 550 g/mol. The van der Waals surface area contributed by atoms with E-state index in [0.29, 0.717) is 35.3 Å². The van der Waals surface area contributed by atoms with Crippen molar-refractivity contribution in [2.24, 2.45) is 5.73 Å². The Morgan fingerprint density at radius 2 is 1.95 bits per heavy atom. The number of carbonyl (C=O) groups is 1. The van der Waals surface area contributed by atoms with Gasteiger partial charge in [-0.25, -0.2) is 18.4 Å². The van der Waals surface area contributed by atoms with E-state index >= 15 is 0 Å². The molecule has 4 heterocycles. The molecule has 2 aliphatic heterocycles. The summed E-state index contributed by atoms with van der Waals surface area (Å²) < 4.78 is 51.1. The number of rotatable bonds is 3. The van der Waals surface area contributed by atoms with Crippen molar-refractivity contribution < 1.29 is 37.5 Å². The second-order valence-corrected chi connectivity index (χ2v) is 11.3. The molecule has 0 saturated carbocycles. The van der Waals surface area contributed by atoms with Gasteiger partial charge in [-0.3, -0.25) is 4.79 Å². The van der Waals surface area contributed by atoms with Crippen molar-refractivity contribution in [1.82, 2.24) is 9.55 Å². The first-order valence-electron chi connectivity index (χ1n) is 11.7. The van der Waals surface area contributed by atoms with Crippen molar-refractivity contribution in [3.63, 3.8) is 0 Å². The molecule has 2 aromatic heterocycles. The summed E-state index contributed by atoms with van der Waals surface area (Å²) in [5.74, 6) is -1.24. The number of hydrogen-bond donors (Lipinski definition) is 1. The Labute approximate surface area is 217 Å². The van der Waals surface area contributed by atoms with Crippen LogP contribution in [0.25, 0.3) is 22.3 Å². The molecule has 1 aromatic carbocycles. The summed E-state index contributed by atoms with van der Waals surface area (Å²) in [6, 6.07) is 2.66. The van der Waals surface area contributed by atoms with Crippen LogP contribution in [0, 0.1) is 12.7 Å². The first-order valence-corrected chi connectivity index (χ1v) is 13.5. The number of aryl methyl sites for hydroxylation is 1. The molecule has 6 rings (SSSR count). The van der Waals surface area contributed by atoms with Crippen molar-refractivity contribution >= 4 is 27.0 Å². The molecule has 38 heavy (non-hydrogen) atoms. The Hall–Kier alpha value is -3.23. The van der Waals surface area contributed by atoms with Gasteiger partial charge in [0.15, 0.2) is 0 Å². The van der Waals surface area contributed by atoms with E-state index in [1.165, 1.54) is 10.6 Å². The van der Waals surface area contributed by atoms with Gasteiger partial charge in [-0.2, -0.15) is 8.42 Å². The SMILES string of the molecule is CCC1(OS(C)(=O)=O)C(=O)OCc2c1cc1n(c2=O)Cc2c-1nc1cc(F)c(C)c3c1c2C(N)CC3.O.O. The number of aromatic nitrogens is 2. The lowest BCUT2D eigenvalue weighted by atomic mass is 9.82. The number of carbonyl (C=O) groups excluding carboxylic acids is 1. The molecule has 2 unspecified atom stereocenters. The van der Waals surface area contributed by atoms with Crippen molar-refractivity contribution in [3.8, 4) is 11.4 Å².